The van der Waals surface area contributed by atoms with E-state index in [1.807, 2.05) is 61.5 Å². The number of carbonyl (C=O) groups is 1. The van der Waals surface area contributed by atoms with Crippen LogP contribution in [0, 0.1) is 0 Å². The molecule has 138 valence electrons. The molecule has 27 heavy (non-hydrogen) atoms. The molecule has 1 aromatic heterocycles. The highest BCUT2D eigenvalue weighted by atomic mass is 16.5. The summed E-state index contributed by atoms with van der Waals surface area (Å²) in [5, 5.41) is 2.90. The number of nitrogens with one attached hydrogen (secondary N) is 1. The lowest BCUT2D eigenvalue weighted by Gasteiger charge is -2.10. The number of ether oxygens (including phenoxy) is 1. The molecule has 5 nitrogen and oxygen atoms in total. The second-order valence-corrected chi connectivity index (χ2v) is 6.17. The summed E-state index contributed by atoms with van der Waals surface area (Å²) in [7, 11) is 1.64. The third-order valence-electron chi connectivity index (χ3n) is 4.31. The van der Waals surface area contributed by atoms with Crippen LogP contribution in [0.25, 0.3) is 11.3 Å². The summed E-state index contributed by atoms with van der Waals surface area (Å²) < 4.78 is 5.18. The Morgan fingerprint density at radius 2 is 1.81 bits per heavy atom. The van der Waals surface area contributed by atoms with E-state index in [1.54, 1.807) is 13.3 Å². The first-order valence-electron chi connectivity index (χ1n) is 9.03. The zero-order valence-corrected chi connectivity index (χ0v) is 15.6. The van der Waals surface area contributed by atoms with Crippen molar-refractivity contribution in [3.8, 4) is 17.0 Å². The van der Waals surface area contributed by atoms with Gasteiger partial charge in [0.15, 0.2) is 5.82 Å². The number of amides is 1. The summed E-state index contributed by atoms with van der Waals surface area (Å²) in [6, 6.07) is 17.6. The summed E-state index contributed by atoms with van der Waals surface area (Å²) in [6.45, 7) is 2.00. The van der Waals surface area contributed by atoms with E-state index in [-0.39, 0.29) is 5.91 Å². The van der Waals surface area contributed by atoms with E-state index in [1.165, 1.54) is 0 Å². The molecule has 3 rings (SSSR count). The molecule has 0 saturated heterocycles. The molecule has 1 N–H and O–H groups in total. The molecule has 0 aliphatic heterocycles. The minimum atomic E-state index is -0.0555. The molecule has 2 aromatic carbocycles. The van der Waals surface area contributed by atoms with Crippen molar-refractivity contribution in [2.45, 2.75) is 26.2 Å². The van der Waals surface area contributed by atoms with Crippen LogP contribution in [0.3, 0.4) is 0 Å². The Balaban J connectivity index is 1.69. The van der Waals surface area contributed by atoms with E-state index in [4.69, 9.17) is 4.74 Å². The molecule has 0 radical (unpaired) electrons. The summed E-state index contributed by atoms with van der Waals surface area (Å²) >= 11 is 0. The molecule has 0 unspecified atom stereocenters. The first kappa shape index (κ1) is 18.6. The molecular formula is C22H23N3O2. The second-order valence-electron chi connectivity index (χ2n) is 6.17. The largest absolute Gasteiger partial charge is 0.497 e. The van der Waals surface area contributed by atoms with Crippen molar-refractivity contribution in [2.75, 3.05) is 12.4 Å². The Hall–Kier alpha value is -3.21. The normalized spacial score (nSPS) is 10.4. The van der Waals surface area contributed by atoms with Crippen molar-refractivity contribution in [3.63, 3.8) is 0 Å². The van der Waals surface area contributed by atoms with E-state index < -0.39 is 0 Å². The van der Waals surface area contributed by atoms with Crippen molar-refractivity contribution < 1.29 is 9.53 Å². The van der Waals surface area contributed by atoms with Crippen LogP contribution >= 0.6 is 0 Å². The van der Waals surface area contributed by atoms with Gasteiger partial charge in [0, 0.05) is 12.0 Å². The average molecular weight is 361 g/mol. The number of aryl methyl sites for hydroxylation is 2. The van der Waals surface area contributed by atoms with Crippen molar-refractivity contribution >= 4 is 11.7 Å². The van der Waals surface area contributed by atoms with Crippen LogP contribution in [0.5, 0.6) is 5.75 Å². The van der Waals surface area contributed by atoms with Crippen molar-refractivity contribution in [1.29, 1.82) is 0 Å². The highest BCUT2D eigenvalue weighted by Gasteiger charge is 2.11. The Bertz CT molecular complexity index is 893. The van der Waals surface area contributed by atoms with Crippen LogP contribution in [0.4, 0.5) is 5.82 Å². The van der Waals surface area contributed by atoms with Gasteiger partial charge in [0.2, 0.25) is 5.91 Å². The summed E-state index contributed by atoms with van der Waals surface area (Å²) in [6.07, 6.45) is 3.49. The SMILES string of the molecule is CCc1nc(-c2ccc(OC)cc2)cnc1NC(=O)CCc1ccccc1. The van der Waals surface area contributed by atoms with E-state index >= 15 is 0 Å². The van der Waals surface area contributed by atoms with Crippen molar-refractivity contribution in [2.24, 2.45) is 0 Å². The van der Waals surface area contributed by atoms with Crippen LogP contribution < -0.4 is 10.1 Å². The number of methoxy groups -OCH3 is 1. The van der Waals surface area contributed by atoms with Gasteiger partial charge < -0.3 is 10.1 Å². The van der Waals surface area contributed by atoms with Crippen LogP contribution in [0.2, 0.25) is 0 Å². The molecular weight excluding hydrogens is 338 g/mol. The lowest BCUT2D eigenvalue weighted by molar-refractivity contribution is -0.116. The van der Waals surface area contributed by atoms with Gasteiger partial charge in [-0.15, -0.1) is 0 Å². The Morgan fingerprint density at radius 1 is 1.07 bits per heavy atom. The number of anilines is 1. The fourth-order valence-corrected chi connectivity index (χ4v) is 2.78. The molecule has 0 aliphatic carbocycles. The van der Waals surface area contributed by atoms with Gasteiger partial charge in [-0.1, -0.05) is 37.3 Å². The molecule has 0 fully saturated rings. The van der Waals surface area contributed by atoms with Gasteiger partial charge in [-0.25, -0.2) is 9.97 Å². The van der Waals surface area contributed by atoms with Crippen LogP contribution in [0.15, 0.2) is 60.8 Å². The predicted octanol–water partition coefficient (Wildman–Crippen LogP) is 4.29. The Labute approximate surface area is 159 Å². The molecule has 0 bridgehead atoms. The maximum atomic E-state index is 12.3. The summed E-state index contributed by atoms with van der Waals surface area (Å²) in [5.41, 5.74) is 3.65. The number of carbonyl (C=O) groups excluding carboxylic acids is 1. The predicted molar refractivity (Wildman–Crippen MR) is 107 cm³/mol. The van der Waals surface area contributed by atoms with Gasteiger partial charge >= 0.3 is 0 Å². The minimum Gasteiger partial charge on any atom is -0.497 e. The molecule has 1 heterocycles. The molecule has 3 aromatic rings. The van der Waals surface area contributed by atoms with Crippen molar-refractivity contribution in [1.82, 2.24) is 9.97 Å². The number of rotatable bonds is 7. The van der Waals surface area contributed by atoms with Crippen LogP contribution in [-0.2, 0) is 17.6 Å². The monoisotopic (exact) mass is 361 g/mol. The number of hydrogen-bond acceptors (Lipinski definition) is 4. The topological polar surface area (TPSA) is 64.1 Å². The minimum absolute atomic E-state index is 0.0555. The lowest BCUT2D eigenvalue weighted by atomic mass is 10.1. The first-order valence-corrected chi connectivity index (χ1v) is 9.03. The Morgan fingerprint density at radius 3 is 2.48 bits per heavy atom. The lowest BCUT2D eigenvalue weighted by Crippen LogP contribution is -2.15. The zero-order chi connectivity index (χ0) is 19.1. The molecule has 0 spiro atoms. The Kier molecular flexibility index (Phi) is 6.15. The van der Waals surface area contributed by atoms with Gasteiger partial charge in [-0.3, -0.25) is 4.79 Å². The van der Waals surface area contributed by atoms with Crippen LogP contribution in [0.1, 0.15) is 24.6 Å². The van der Waals surface area contributed by atoms with Gasteiger partial charge in [0.1, 0.15) is 5.75 Å². The van der Waals surface area contributed by atoms with E-state index in [0.717, 1.165) is 28.3 Å². The summed E-state index contributed by atoms with van der Waals surface area (Å²) in [5.74, 6) is 1.28. The molecule has 1 amide bonds. The fraction of sp³-hybridized carbons (Fsp3) is 0.227. The van der Waals surface area contributed by atoms with Crippen LogP contribution in [-0.4, -0.2) is 23.0 Å². The van der Waals surface area contributed by atoms with Gasteiger partial charge in [0.25, 0.3) is 0 Å². The zero-order valence-electron chi connectivity index (χ0n) is 15.6. The maximum Gasteiger partial charge on any atom is 0.225 e. The average Bonchev–Trinajstić information content (AvgIpc) is 2.73. The maximum absolute atomic E-state index is 12.3. The third-order valence-corrected chi connectivity index (χ3v) is 4.31. The third kappa shape index (κ3) is 4.91. The number of aromatic nitrogens is 2. The highest BCUT2D eigenvalue weighted by molar-refractivity contribution is 5.90. The molecule has 0 saturated carbocycles. The molecule has 0 atom stereocenters. The first-order chi connectivity index (χ1) is 13.2. The van der Waals surface area contributed by atoms with Gasteiger partial charge in [-0.2, -0.15) is 0 Å². The van der Waals surface area contributed by atoms with Gasteiger partial charge in [0.05, 0.1) is 24.7 Å². The van der Waals surface area contributed by atoms with E-state index in [2.05, 4.69) is 15.3 Å². The quantitative estimate of drug-likeness (QED) is 0.682. The smallest absolute Gasteiger partial charge is 0.225 e. The number of nitrogens with zero attached hydrogens (tertiary/aromatic N) is 2. The number of hydrogen-bond donors (Lipinski definition) is 1. The number of benzene rings is 2. The van der Waals surface area contributed by atoms with E-state index in [0.29, 0.717) is 25.1 Å². The summed E-state index contributed by atoms with van der Waals surface area (Å²) in [4.78, 5) is 21.4. The van der Waals surface area contributed by atoms with E-state index in [9.17, 15) is 4.79 Å². The van der Waals surface area contributed by atoms with Crippen molar-refractivity contribution in [3.05, 3.63) is 72.1 Å². The van der Waals surface area contributed by atoms with Gasteiger partial charge in [-0.05, 0) is 42.7 Å². The standard InChI is InChI=1S/C22H23N3O2/c1-3-19-22(25-21(26)14-9-16-7-5-4-6-8-16)23-15-20(24-19)17-10-12-18(27-2)13-11-17/h4-8,10-13,15H,3,9,14H2,1-2H3,(H,23,25,26). The fourth-order valence-electron chi connectivity index (χ4n) is 2.78. The molecule has 0 aliphatic rings. The second kappa shape index (κ2) is 8.94. The molecule has 5 heteroatoms. The highest BCUT2D eigenvalue weighted by Crippen LogP contribution is 2.22.